The number of nitrogens with zero attached hydrogens (tertiary/aromatic N) is 2. The molecule has 2 aromatic carbocycles. The first-order valence-electron chi connectivity index (χ1n) is 7.80. The van der Waals surface area contributed by atoms with Crippen molar-refractivity contribution in [3.05, 3.63) is 62.6 Å². The SMILES string of the molecule is COc1ccc(/C=C2/C(=O)N(c3ccc(Cl)c(C(=O)O)c3)N=C2C)cc1Br. The summed E-state index contributed by atoms with van der Waals surface area (Å²) in [4.78, 5) is 24.1. The fourth-order valence-corrected chi connectivity index (χ4v) is 3.36. The quantitative estimate of drug-likeness (QED) is 0.691. The zero-order valence-corrected chi connectivity index (χ0v) is 16.7. The molecule has 0 aromatic heterocycles. The topological polar surface area (TPSA) is 79.2 Å². The van der Waals surface area contributed by atoms with Crippen LogP contribution in [0.3, 0.4) is 0 Å². The monoisotopic (exact) mass is 448 g/mol. The Hall–Kier alpha value is -2.64. The number of ether oxygens (including phenoxy) is 1. The number of carboxylic acid groups (broad SMARTS) is 1. The van der Waals surface area contributed by atoms with Crippen LogP contribution < -0.4 is 9.75 Å². The van der Waals surface area contributed by atoms with Gasteiger partial charge < -0.3 is 9.84 Å². The van der Waals surface area contributed by atoms with E-state index in [1.165, 1.54) is 17.1 Å². The minimum absolute atomic E-state index is 0.0914. The number of carbonyl (C=O) groups is 2. The van der Waals surface area contributed by atoms with Gasteiger partial charge in [0, 0.05) is 0 Å². The largest absolute Gasteiger partial charge is 0.496 e. The molecular formula is C19H14BrClN2O4. The van der Waals surface area contributed by atoms with Crippen molar-refractivity contribution in [1.29, 1.82) is 0 Å². The summed E-state index contributed by atoms with van der Waals surface area (Å²) < 4.78 is 5.97. The van der Waals surface area contributed by atoms with Crippen LogP contribution in [0.4, 0.5) is 5.69 Å². The molecule has 0 saturated heterocycles. The lowest BCUT2D eigenvalue weighted by Crippen LogP contribution is -2.21. The van der Waals surface area contributed by atoms with Crippen molar-refractivity contribution in [2.45, 2.75) is 6.92 Å². The molecule has 0 spiro atoms. The van der Waals surface area contributed by atoms with Crippen molar-refractivity contribution < 1.29 is 19.4 Å². The molecule has 27 heavy (non-hydrogen) atoms. The van der Waals surface area contributed by atoms with Crippen molar-refractivity contribution in [2.75, 3.05) is 12.1 Å². The van der Waals surface area contributed by atoms with Crippen LogP contribution in [0.5, 0.6) is 5.75 Å². The third-order valence-electron chi connectivity index (χ3n) is 3.97. The fraction of sp³-hybridized carbons (Fsp3) is 0.105. The van der Waals surface area contributed by atoms with Crippen LogP contribution in [-0.4, -0.2) is 29.8 Å². The van der Waals surface area contributed by atoms with Crippen LogP contribution in [-0.2, 0) is 4.79 Å². The first-order valence-corrected chi connectivity index (χ1v) is 8.97. The molecule has 1 N–H and O–H groups in total. The number of methoxy groups -OCH3 is 1. The highest BCUT2D eigenvalue weighted by atomic mass is 79.9. The molecule has 6 nitrogen and oxygen atoms in total. The number of aromatic carboxylic acids is 1. The molecule has 0 radical (unpaired) electrons. The van der Waals surface area contributed by atoms with Gasteiger partial charge in [0.15, 0.2) is 0 Å². The van der Waals surface area contributed by atoms with Crippen LogP contribution in [0.2, 0.25) is 5.02 Å². The summed E-state index contributed by atoms with van der Waals surface area (Å²) in [6.07, 6.45) is 1.72. The van der Waals surface area contributed by atoms with Gasteiger partial charge in [0.2, 0.25) is 0 Å². The van der Waals surface area contributed by atoms with Gasteiger partial charge in [-0.2, -0.15) is 10.1 Å². The lowest BCUT2D eigenvalue weighted by molar-refractivity contribution is -0.114. The zero-order valence-electron chi connectivity index (χ0n) is 14.4. The molecule has 8 heteroatoms. The van der Waals surface area contributed by atoms with E-state index in [1.807, 2.05) is 12.1 Å². The molecule has 0 atom stereocenters. The molecule has 0 bridgehead atoms. The molecule has 1 aliphatic heterocycles. The highest BCUT2D eigenvalue weighted by Crippen LogP contribution is 2.30. The van der Waals surface area contributed by atoms with Crippen molar-refractivity contribution in [1.82, 2.24) is 0 Å². The molecule has 3 rings (SSSR count). The van der Waals surface area contributed by atoms with E-state index < -0.39 is 5.97 Å². The number of hydrazone groups is 1. The number of anilines is 1. The van der Waals surface area contributed by atoms with E-state index in [9.17, 15) is 14.7 Å². The van der Waals surface area contributed by atoms with Crippen LogP contribution in [0.15, 0.2) is 51.5 Å². The van der Waals surface area contributed by atoms with Crippen molar-refractivity contribution in [2.24, 2.45) is 5.10 Å². The predicted octanol–water partition coefficient (Wildman–Crippen LogP) is 4.62. The van der Waals surface area contributed by atoms with E-state index in [0.717, 1.165) is 10.0 Å². The van der Waals surface area contributed by atoms with E-state index in [1.54, 1.807) is 32.2 Å². The summed E-state index contributed by atoms with van der Waals surface area (Å²) in [6.45, 7) is 1.72. The summed E-state index contributed by atoms with van der Waals surface area (Å²) in [6, 6.07) is 9.76. The van der Waals surface area contributed by atoms with Crippen molar-refractivity contribution in [3.63, 3.8) is 0 Å². The van der Waals surface area contributed by atoms with E-state index in [0.29, 0.717) is 22.7 Å². The van der Waals surface area contributed by atoms with E-state index >= 15 is 0 Å². The number of halogens is 2. The maximum absolute atomic E-state index is 12.8. The Balaban J connectivity index is 1.96. The van der Waals surface area contributed by atoms with Crippen molar-refractivity contribution >= 4 is 56.9 Å². The van der Waals surface area contributed by atoms with Gasteiger partial charge in [-0.15, -0.1) is 0 Å². The average molecular weight is 450 g/mol. The zero-order chi connectivity index (χ0) is 19.7. The van der Waals surface area contributed by atoms with E-state index in [-0.39, 0.29) is 16.5 Å². The second-order valence-corrected chi connectivity index (χ2v) is 6.99. The molecule has 1 heterocycles. The van der Waals surface area contributed by atoms with Gasteiger partial charge >= 0.3 is 5.97 Å². The second-order valence-electron chi connectivity index (χ2n) is 5.72. The van der Waals surface area contributed by atoms with Crippen LogP contribution in [0, 0.1) is 0 Å². The fourth-order valence-electron chi connectivity index (χ4n) is 2.61. The number of hydrogen-bond donors (Lipinski definition) is 1. The maximum Gasteiger partial charge on any atom is 0.337 e. The lowest BCUT2D eigenvalue weighted by atomic mass is 10.1. The van der Waals surface area contributed by atoms with E-state index in [2.05, 4.69) is 21.0 Å². The Morgan fingerprint density at radius 1 is 1.30 bits per heavy atom. The summed E-state index contributed by atoms with van der Waals surface area (Å²) in [5.41, 5.74) is 1.98. The molecular weight excluding hydrogens is 436 g/mol. The molecule has 0 aliphatic carbocycles. The van der Waals surface area contributed by atoms with Crippen LogP contribution in [0.1, 0.15) is 22.8 Å². The Bertz CT molecular complexity index is 1020. The Kier molecular flexibility index (Phi) is 5.34. The number of rotatable bonds is 4. The summed E-state index contributed by atoms with van der Waals surface area (Å²) in [7, 11) is 1.57. The smallest absolute Gasteiger partial charge is 0.337 e. The third-order valence-corrected chi connectivity index (χ3v) is 4.92. The Morgan fingerprint density at radius 3 is 2.67 bits per heavy atom. The first-order chi connectivity index (χ1) is 12.8. The molecule has 2 aromatic rings. The van der Waals surface area contributed by atoms with Gasteiger partial charge in [-0.25, -0.2) is 4.79 Å². The summed E-state index contributed by atoms with van der Waals surface area (Å²) in [5, 5.41) is 14.7. The predicted molar refractivity (Wildman–Crippen MR) is 108 cm³/mol. The highest BCUT2D eigenvalue weighted by molar-refractivity contribution is 9.10. The Morgan fingerprint density at radius 2 is 2.04 bits per heavy atom. The highest BCUT2D eigenvalue weighted by Gasteiger charge is 2.29. The van der Waals surface area contributed by atoms with Crippen LogP contribution in [0.25, 0.3) is 6.08 Å². The summed E-state index contributed by atoms with van der Waals surface area (Å²) >= 11 is 9.31. The normalized spacial score (nSPS) is 15.3. The number of benzene rings is 2. The Labute approximate surface area is 168 Å². The second kappa shape index (κ2) is 7.54. The first kappa shape index (κ1) is 19.1. The number of hydrogen-bond acceptors (Lipinski definition) is 4. The van der Waals surface area contributed by atoms with Crippen LogP contribution >= 0.6 is 27.5 Å². The van der Waals surface area contributed by atoms with Gasteiger partial charge in [0.1, 0.15) is 5.75 Å². The molecule has 138 valence electrons. The summed E-state index contributed by atoms with van der Waals surface area (Å²) in [5.74, 6) is -0.838. The maximum atomic E-state index is 12.8. The number of carbonyl (C=O) groups excluding carboxylic acids is 1. The van der Waals surface area contributed by atoms with Gasteiger partial charge in [-0.3, -0.25) is 4.79 Å². The minimum Gasteiger partial charge on any atom is -0.496 e. The standard InChI is InChI=1S/C19H14BrClN2O4/c1-10-13(7-11-3-6-17(27-2)15(20)8-11)18(24)23(22-10)12-4-5-16(21)14(9-12)19(25)26/h3-9H,1-2H3,(H,25,26)/b13-7+. The lowest BCUT2D eigenvalue weighted by Gasteiger charge is -2.13. The molecule has 1 aliphatic rings. The average Bonchev–Trinajstić information content (AvgIpc) is 2.90. The van der Waals surface area contributed by atoms with Gasteiger partial charge in [0.25, 0.3) is 5.91 Å². The van der Waals surface area contributed by atoms with E-state index in [4.69, 9.17) is 16.3 Å². The van der Waals surface area contributed by atoms with Crippen molar-refractivity contribution in [3.8, 4) is 5.75 Å². The van der Waals surface area contributed by atoms with Gasteiger partial charge in [0.05, 0.1) is 39.1 Å². The third kappa shape index (κ3) is 3.74. The molecule has 0 fully saturated rings. The molecule has 0 unspecified atom stereocenters. The van der Waals surface area contributed by atoms with Gasteiger partial charge in [-0.05, 0) is 64.8 Å². The molecule has 0 saturated carbocycles. The van der Waals surface area contributed by atoms with Gasteiger partial charge in [-0.1, -0.05) is 17.7 Å². The minimum atomic E-state index is -1.17. The number of amides is 1. The number of carboxylic acids is 1. The molecule has 1 amide bonds.